The van der Waals surface area contributed by atoms with Crippen LogP contribution in [0.4, 0.5) is 4.39 Å². The van der Waals surface area contributed by atoms with Crippen LogP contribution >= 0.6 is 11.6 Å². The maximum Gasteiger partial charge on any atom is 0.129 e. The Bertz CT molecular complexity index is 316. The lowest BCUT2D eigenvalue weighted by molar-refractivity contribution is 0.543. The lowest BCUT2D eigenvalue weighted by Gasteiger charge is -2.13. The van der Waals surface area contributed by atoms with E-state index in [1.165, 1.54) is 18.9 Å². The highest BCUT2D eigenvalue weighted by Crippen LogP contribution is 2.38. The molecule has 0 unspecified atom stereocenters. The van der Waals surface area contributed by atoms with Crippen LogP contribution in [0.1, 0.15) is 30.9 Å². The third-order valence-electron chi connectivity index (χ3n) is 2.65. The first-order valence-corrected chi connectivity index (χ1v) is 5.25. The Morgan fingerprint density at radius 2 is 2.21 bits per heavy atom. The zero-order valence-corrected chi connectivity index (χ0v) is 8.60. The van der Waals surface area contributed by atoms with Crippen LogP contribution in [0.5, 0.6) is 0 Å². The molecule has 1 aromatic rings. The third-order valence-corrected chi connectivity index (χ3v) is 2.98. The summed E-state index contributed by atoms with van der Waals surface area (Å²) in [7, 11) is 0. The van der Waals surface area contributed by atoms with E-state index in [4.69, 9.17) is 17.3 Å². The van der Waals surface area contributed by atoms with E-state index in [0.29, 0.717) is 16.5 Å². The van der Waals surface area contributed by atoms with Gasteiger partial charge in [0, 0.05) is 16.6 Å². The van der Waals surface area contributed by atoms with Crippen molar-refractivity contribution in [1.82, 2.24) is 0 Å². The first kappa shape index (κ1) is 9.94. The van der Waals surface area contributed by atoms with Gasteiger partial charge >= 0.3 is 0 Å². The Balaban J connectivity index is 2.19. The molecule has 1 atom stereocenters. The van der Waals surface area contributed by atoms with Gasteiger partial charge in [0.2, 0.25) is 0 Å². The van der Waals surface area contributed by atoms with Crippen molar-refractivity contribution in [1.29, 1.82) is 0 Å². The van der Waals surface area contributed by atoms with Crippen molar-refractivity contribution in [2.24, 2.45) is 11.7 Å². The van der Waals surface area contributed by atoms with Crippen molar-refractivity contribution in [3.63, 3.8) is 0 Å². The standard InChI is InChI=1S/C11H13ClFN/c12-8-2-1-3-9(13)11(8)10(14)6-7-4-5-7/h1-3,7,10H,4-6,14H2/t10-/m0/s1. The minimum atomic E-state index is -0.286. The number of nitrogens with two attached hydrogens (primary N) is 1. The van der Waals surface area contributed by atoms with E-state index >= 15 is 0 Å². The van der Waals surface area contributed by atoms with Crippen LogP contribution in [-0.2, 0) is 0 Å². The highest BCUT2D eigenvalue weighted by Gasteiger charge is 2.26. The van der Waals surface area contributed by atoms with E-state index in [1.54, 1.807) is 12.1 Å². The highest BCUT2D eigenvalue weighted by molar-refractivity contribution is 6.31. The predicted octanol–water partition coefficient (Wildman–Crippen LogP) is 3.28. The summed E-state index contributed by atoms with van der Waals surface area (Å²) in [6.07, 6.45) is 3.29. The molecular weight excluding hydrogens is 201 g/mol. The van der Waals surface area contributed by atoms with Gasteiger partial charge in [-0.25, -0.2) is 4.39 Å². The van der Waals surface area contributed by atoms with Crippen molar-refractivity contribution < 1.29 is 4.39 Å². The molecule has 0 amide bonds. The lowest BCUT2D eigenvalue weighted by atomic mass is 10.0. The Hall–Kier alpha value is -0.600. The molecule has 0 heterocycles. The fourth-order valence-electron chi connectivity index (χ4n) is 1.70. The summed E-state index contributed by atoms with van der Waals surface area (Å²) in [4.78, 5) is 0. The second-order valence-corrected chi connectivity index (χ2v) is 4.33. The molecule has 0 radical (unpaired) electrons. The molecule has 1 nitrogen and oxygen atoms in total. The second kappa shape index (κ2) is 3.87. The van der Waals surface area contributed by atoms with E-state index in [0.717, 1.165) is 6.42 Å². The van der Waals surface area contributed by atoms with Gasteiger partial charge in [-0.15, -0.1) is 0 Å². The van der Waals surface area contributed by atoms with Crippen molar-refractivity contribution >= 4 is 11.6 Å². The molecule has 2 rings (SSSR count). The maximum absolute atomic E-state index is 13.4. The van der Waals surface area contributed by atoms with E-state index in [2.05, 4.69) is 0 Å². The first-order chi connectivity index (χ1) is 6.68. The molecule has 3 heteroatoms. The van der Waals surface area contributed by atoms with Crippen LogP contribution in [0, 0.1) is 11.7 Å². The van der Waals surface area contributed by atoms with Crippen molar-refractivity contribution in [2.75, 3.05) is 0 Å². The summed E-state index contributed by atoms with van der Waals surface area (Å²) in [5.41, 5.74) is 6.39. The van der Waals surface area contributed by atoms with Gasteiger partial charge in [0.05, 0.1) is 0 Å². The molecule has 1 saturated carbocycles. The monoisotopic (exact) mass is 213 g/mol. The topological polar surface area (TPSA) is 26.0 Å². The van der Waals surface area contributed by atoms with Crippen LogP contribution in [-0.4, -0.2) is 0 Å². The van der Waals surface area contributed by atoms with Crippen LogP contribution in [0.25, 0.3) is 0 Å². The van der Waals surface area contributed by atoms with Crippen molar-refractivity contribution in [3.8, 4) is 0 Å². The van der Waals surface area contributed by atoms with Gasteiger partial charge in [-0.3, -0.25) is 0 Å². The maximum atomic E-state index is 13.4. The molecule has 0 aromatic heterocycles. The van der Waals surface area contributed by atoms with E-state index in [-0.39, 0.29) is 11.9 Å². The summed E-state index contributed by atoms with van der Waals surface area (Å²) in [5.74, 6) is 0.395. The second-order valence-electron chi connectivity index (χ2n) is 3.92. The van der Waals surface area contributed by atoms with Gasteiger partial charge in [-0.05, 0) is 24.5 Å². The number of halogens is 2. The quantitative estimate of drug-likeness (QED) is 0.820. The van der Waals surface area contributed by atoms with Gasteiger partial charge in [-0.1, -0.05) is 30.5 Å². The predicted molar refractivity (Wildman–Crippen MR) is 55.7 cm³/mol. The molecule has 2 N–H and O–H groups in total. The van der Waals surface area contributed by atoms with E-state index in [9.17, 15) is 4.39 Å². The lowest BCUT2D eigenvalue weighted by Crippen LogP contribution is -2.13. The number of hydrogen-bond acceptors (Lipinski definition) is 1. The summed E-state index contributed by atoms with van der Waals surface area (Å²) >= 11 is 5.91. The summed E-state index contributed by atoms with van der Waals surface area (Å²) in [6, 6.07) is 4.45. The number of hydrogen-bond donors (Lipinski definition) is 1. The van der Waals surface area contributed by atoms with Gasteiger partial charge < -0.3 is 5.73 Å². The van der Waals surface area contributed by atoms with Gasteiger partial charge in [0.1, 0.15) is 5.82 Å². The molecule has 0 spiro atoms. The molecule has 0 saturated heterocycles. The van der Waals surface area contributed by atoms with Crippen LogP contribution < -0.4 is 5.73 Å². The normalized spacial score (nSPS) is 18.2. The zero-order valence-electron chi connectivity index (χ0n) is 7.84. The third kappa shape index (κ3) is 2.07. The SMILES string of the molecule is N[C@@H](CC1CC1)c1c(F)cccc1Cl. The Morgan fingerprint density at radius 1 is 1.50 bits per heavy atom. The molecule has 14 heavy (non-hydrogen) atoms. The average molecular weight is 214 g/mol. The van der Waals surface area contributed by atoms with Crippen molar-refractivity contribution in [3.05, 3.63) is 34.6 Å². The molecule has 1 aromatic carbocycles. The van der Waals surface area contributed by atoms with Crippen molar-refractivity contribution in [2.45, 2.75) is 25.3 Å². The Labute approximate surface area is 88.1 Å². The van der Waals surface area contributed by atoms with E-state index < -0.39 is 0 Å². The minimum Gasteiger partial charge on any atom is -0.324 e. The van der Waals surface area contributed by atoms with Crippen LogP contribution in [0.2, 0.25) is 5.02 Å². The molecule has 76 valence electrons. The molecule has 1 aliphatic carbocycles. The fourth-order valence-corrected chi connectivity index (χ4v) is 2.00. The van der Waals surface area contributed by atoms with Gasteiger partial charge in [-0.2, -0.15) is 0 Å². The summed E-state index contributed by atoms with van der Waals surface area (Å²) in [6.45, 7) is 0. The molecule has 1 fully saturated rings. The Morgan fingerprint density at radius 3 is 2.79 bits per heavy atom. The largest absolute Gasteiger partial charge is 0.324 e. The average Bonchev–Trinajstić information content (AvgIpc) is 2.87. The summed E-state index contributed by atoms with van der Waals surface area (Å²) in [5, 5.41) is 0.443. The van der Waals surface area contributed by atoms with Crippen LogP contribution in [0.15, 0.2) is 18.2 Å². The van der Waals surface area contributed by atoms with Crippen LogP contribution in [0.3, 0.4) is 0 Å². The number of rotatable bonds is 3. The Kier molecular flexibility index (Phi) is 2.75. The molecule has 0 bridgehead atoms. The molecule has 1 aliphatic rings. The molecule has 0 aliphatic heterocycles. The fraction of sp³-hybridized carbons (Fsp3) is 0.455. The molecular formula is C11H13ClFN. The highest BCUT2D eigenvalue weighted by atomic mass is 35.5. The van der Waals surface area contributed by atoms with Gasteiger partial charge in [0.25, 0.3) is 0 Å². The minimum absolute atomic E-state index is 0.254. The first-order valence-electron chi connectivity index (χ1n) is 4.88. The number of benzene rings is 1. The van der Waals surface area contributed by atoms with Gasteiger partial charge in [0.15, 0.2) is 0 Å². The zero-order chi connectivity index (χ0) is 10.1. The summed E-state index contributed by atoms with van der Waals surface area (Å²) < 4.78 is 13.4. The van der Waals surface area contributed by atoms with E-state index in [1.807, 2.05) is 0 Å². The smallest absolute Gasteiger partial charge is 0.129 e.